The highest BCUT2D eigenvalue weighted by Gasteiger charge is 2.12. The molecule has 0 saturated carbocycles. The van der Waals surface area contributed by atoms with Crippen LogP contribution in [0.4, 0.5) is 11.4 Å². The predicted molar refractivity (Wildman–Crippen MR) is 110 cm³/mol. The number of rotatable bonds is 9. The van der Waals surface area contributed by atoms with Crippen molar-refractivity contribution in [2.75, 3.05) is 44.5 Å². The van der Waals surface area contributed by atoms with Crippen LogP contribution in [-0.2, 0) is 4.79 Å². The van der Waals surface area contributed by atoms with Crippen molar-refractivity contribution in [3.8, 4) is 11.5 Å². The largest absolute Gasteiger partial charge is 0.497 e. The number of carbonyl (C=O) groups excluding carboxylic acids is 2. The maximum atomic E-state index is 12.3. The van der Waals surface area contributed by atoms with Gasteiger partial charge in [-0.1, -0.05) is 0 Å². The number of methoxy groups -OCH3 is 2. The maximum Gasteiger partial charge on any atom is 0.253 e. The average molecular weight is 385 g/mol. The molecule has 0 heterocycles. The summed E-state index contributed by atoms with van der Waals surface area (Å²) >= 11 is 0. The summed E-state index contributed by atoms with van der Waals surface area (Å²) in [6.45, 7) is 5.27. The van der Waals surface area contributed by atoms with Crippen molar-refractivity contribution in [2.24, 2.45) is 0 Å². The molecule has 2 rings (SSSR count). The van der Waals surface area contributed by atoms with Crippen LogP contribution in [0.15, 0.2) is 42.5 Å². The molecule has 0 bridgehead atoms. The number of hydrogen-bond donors (Lipinski definition) is 2. The second-order valence-electron chi connectivity index (χ2n) is 6.02. The Hall–Kier alpha value is -3.22. The van der Waals surface area contributed by atoms with E-state index in [1.54, 1.807) is 61.6 Å². The SMILES string of the molecule is CCN(CC)C(=O)c1ccc(NC(=O)CNc2cc(OC)ccc2OC)cc1. The molecular weight excluding hydrogens is 358 g/mol. The Morgan fingerprint density at radius 3 is 2.21 bits per heavy atom. The molecule has 0 saturated heterocycles. The van der Waals surface area contributed by atoms with E-state index in [2.05, 4.69) is 10.6 Å². The van der Waals surface area contributed by atoms with E-state index in [0.29, 0.717) is 41.5 Å². The van der Waals surface area contributed by atoms with E-state index in [1.807, 2.05) is 13.8 Å². The summed E-state index contributed by atoms with van der Waals surface area (Å²) in [5, 5.41) is 5.84. The van der Waals surface area contributed by atoms with Crippen molar-refractivity contribution in [3.05, 3.63) is 48.0 Å². The molecular formula is C21H27N3O4. The third-order valence-electron chi connectivity index (χ3n) is 4.31. The van der Waals surface area contributed by atoms with Gasteiger partial charge in [0.05, 0.1) is 26.5 Å². The molecule has 0 aliphatic rings. The van der Waals surface area contributed by atoms with Gasteiger partial charge in [0, 0.05) is 30.4 Å². The quantitative estimate of drug-likeness (QED) is 0.693. The highest BCUT2D eigenvalue weighted by Crippen LogP contribution is 2.28. The van der Waals surface area contributed by atoms with Gasteiger partial charge in [-0.25, -0.2) is 0 Å². The molecule has 0 fully saturated rings. The van der Waals surface area contributed by atoms with Gasteiger partial charge >= 0.3 is 0 Å². The van der Waals surface area contributed by atoms with Gasteiger partial charge in [-0.3, -0.25) is 9.59 Å². The molecule has 0 aromatic heterocycles. The van der Waals surface area contributed by atoms with E-state index in [4.69, 9.17) is 9.47 Å². The first-order valence-electron chi connectivity index (χ1n) is 9.17. The molecule has 2 aromatic carbocycles. The van der Waals surface area contributed by atoms with Crippen LogP contribution < -0.4 is 20.1 Å². The molecule has 2 aromatic rings. The Balaban J connectivity index is 1.96. The number of hydrogen-bond acceptors (Lipinski definition) is 5. The van der Waals surface area contributed by atoms with Gasteiger partial charge < -0.3 is 25.0 Å². The minimum absolute atomic E-state index is 0.0188. The third-order valence-corrected chi connectivity index (χ3v) is 4.31. The Morgan fingerprint density at radius 2 is 1.64 bits per heavy atom. The van der Waals surface area contributed by atoms with Crippen LogP contribution in [0.25, 0.3) is 0 Å². The highest BCUT2D eigenvalue weighted by molar-refractivity contribution is 5.96. The lowest BCUT2D eigenvalue weighted by molar-refractivity contribution is -0.114. The minimum Gasteiger partial charge on any atom is -0.497 e. The van der Waals surface area contributed by atoms with Crippen LogP contribution in [0.3, 0.4) is 0 Å². The molecule has 150 valence electrons. The second kappa shape index (κ2) is 10.2. The maximum absolute atomic E-state index is 12.3. The molecule has 0 atom stereocenters. The first kappa shape index (κ1) is 21.1. The third kappa shape index (κ3) is 5.39. The van der Waals surface area contributed by atoms with Crippen LogP contribution in [0.1, 0.15) is 24.2 Å². The number of ether oxygens (including phenoxy) is 2. The molecule has 0 aliphatic heterocycles. The smallest absolute Gasteiger partial charge is 0.253 e. The summed E-state index contributed by atoms with van der Waals surface area (Å²) in [4.78, 5) is 26.3. The Labute approximate surface area is 165 Å². The zero-order valence-corrected chi connectivity index (χ0v) is 16.7. The Kier molecular flexibility index (Phi) is 7.68. The minimum atomic E-state index is -0.215. The van der Waals surface area contributed by atoms with Crippen LogP contribution >= 0.6 is 0 Å². The van der Waals surface area contributed by atoms with Crippen LogP contribution in [0.2, 0.25) is 0 Å². The molecule has 0 aliphatic carbocycles. The van der Waals surface area contributed by atoms with Crippen molar-refractivity contribution in [3.63, 3.8) is 0 Å². The zero-order chi connectivity index (χ0) is 20.5. The van der Waals surface area contributed by atoms with Gasteiger partial charge in [0.25, 0.3) is 5.91 Å². The average Bonchev–Trinajstić information content (AvgIpc) is 2.73. The fourth-order valence-corrected chi connectivity index (χ4v) is 2.72. The van der Waals surface area contributed by atoms with Crippen LogP contribution in [0, 0.1) is 0 Å². The lowest BCUT2D eigenvalue weighted by Gasteiger charge is -2.18. The first-order chi connectivity index (χ1) is 13.5. The van der Waals surface area contributed by atoms with E-state index in [9.17, 15) is 9.59 Å². The first-order valence-corrected chi connectivity index (χ1v) is 9.17. The lowest BCUT2D eigenvalue weighted by atomic mass is 10.1. The van der Waals surface area contributed by atoms with Crippen molar-refractivity contribution in [1.29, 1.82) is 0 Å². The number of benzene rings is 2. The van der Waals surface area contributed by atoms with Gasteiger partial charge in [-0.15, -0.1) is 0 Å². The van der Waals surface area contributed by atoms with E-state index in [0.717, 1.165) is 0 Å². The highest BCUT2D eigenvalue weighted by atomic mass is 16.5. The van der Waals surface area contributed by atoms with E-state index >= 15 is 0 Å². The lowest BCUT2D eigenvalue weighted by Crippen LogP contribution is -2.30. The molecule has 0 spiro atoms. The van der Waals surface area contributed by atoms with Crippen molar-refractivity contribution < 1.29 is 19.1 Å². The van der Waals surface area contributed by atoms with Gasteiger partial charge in [0.15, 0.2) is 0 Å². The Bertz CT molecular complexity index is 802. The summed E-state index contributed by atoms with van der Waals surface area (Å²) in [5.41, 5.74) is 1.89. The molecule has 7 heteroatoms. The molecule has 7 nitrogen and oxygen atoms in total. The second-order valence-corrected chi connectivity index (χ2v) is 6.02. The normalized spacial score (nSPS) is 10.1. The van der Waals surface area contributed by atoms with E-state index in [1.165, 1.54) is 0 Å². The molecule has 2 amide bonds. The monoisotopic (exact) mass is 385 g/mol. The topological polar surface area (TPSA) is 79.9 Å². The summed E-state index contributed by atoms with van der Waals surface area (Å²) in [5.74, 6) is 1.05. The van der Waals surface area contributed by atoms with Gasteiger partial charge in [-0.2, -0.15) is 0 Å². The number of carbonyl (C=O) groups is 2. The number of anilines is 2. The molecule has 0 radical (unpaired) electrons. The molecule has 28 heavy (non-hydrogen) atoms. The fraction of sp³-hybridized carbons (Fsp3) is 0.333. The standard InChI is InChI=1S/C21H27N3O4/c1-5-24(6-2)21(26)15-7-9-16(10-8-15)23-20(25)14-22-18-13-17(27-3)11-12-19(18)28-4/h7-13,22H,5-6,14H2,1-4H3,(H,23,25). The van der Waals surface area contributed by atoms with E-state index < -0.39 is 0 Å². The molecule has 0 unspecified atom stereocenters. The number of nitrogens with one attached hydrogen (secondary N) is 2. The van der Waals surface area contributed by atoms with Gasteiger partial charge in [0.2, 0.25) is 5.91 Å². The summed E-state index contributed by atoms with van der Waals surface area (Å²) < 4.78 is 10.5. The summed E-state index contributed by atoms with van der Waals surface area (Å²) in [6.07, 6.45) is 0. The summed E-state index contributed by atoms with van der Waals surface area (Å²) in [6, 6.07) is 12.2. The van der Waals surface area contributed by atoms with E-state index in [-0.39, 0.29) is 18.4 Å². The van der Waals surface area contributed by atoms with Crippen LogP contribution in [-0.4, -0.2) is 50.6 Å². The zero-order valence-electron chi connectivity index (χ0n) is 16.7. The van der Waals surface area contributed by atoms with Crippen molar-refractivity contribution in [2.45, 2.75) is 13.8 Å². The number of amides is 2. The van der Waals surface area contributed by atoms with Crippen molar-refractivity contribution in [1.82, 2.24) is 4.90 Å². The molecule has 2 N–H and O–H groups in total. The Morgan fingerprint density at radius 1 is 0.964 bits per heavy atom. The fourth-order valence-electron chi connectivity index (χ4n) is 2.72. The van der Waals surface area contributed by atoms with Gasteiger partial charge in [0.1, 0.15) is 11.5 Å². The predicted octanol–water partition coefficient (Wildman–Crippen LogP) is 3.24. The van der Waals surface area contributed by atoms with Crippen molar-refractivity contribution >= 4 is 23.2 Å². The summed E-state index contributed by atoms with van der Waals surface area (Å²) in [7, 11) is 3.14. The number of nitrogens with zero attached hydrogens (tertiary/aromatic N) is 1. The van der Waals surface area contributed by atoms with Gasteiger partial charge in [-0.05, 0) is 50.2 Å². The van der Waals surface area contributed by atoms with Crippen LogP contribution in [0.5, 0.6) is 11.5 Å².